The van der Waals surface area contributed by atoms with Gasteiger partial charge in [0.05, 0.1) is 16.3 Å². The third-order valence-electron chi connectivity index (χ3n) is 2.90. The molecule has 0 radical (unpaired) electrons. The molecule has 1 aromatic heterocycles. The second-order valence-electron chi connectivity index (χ2n) is 4.46. The second kappa shape index (κ2) is 6.19. The number of alkyl halides is 3. The summed E-state index contributed by atoms with van der Waals surface area (Å²) in [7, 11) is 0. The Kier molecular flexibility index (Phi) is 4.81. The number of aromatic nitrogens is 2. The number of nitrogen functional groups attached to an aromatic ring is 1. The van der Waals surface area contributed by atoms with Crippen LogP contribution in [0, 0.1) is 0 Å². The lowest BCUT2D eigenvalue weighted by atomic mass is 10.2. The molecule has 11 heteroatoms. The molecule has 124 valence electrons. The van der Waals surface area contributed by atoms with Gasteiger partial charge in [-0.3, -0.25) is 0 Å². The van der Waals surface area contributed by atoms with Gasteiger partial charge in [0.25, 0.3) is 0 Å². The second-order valence-corrected chi connectivity index (χ2v) is 6.62. The van der Waals surface area contributed by atoms with Crippen molar-refractivity contribution in [2.45, 2.75) is 11.1 Å². The van der Waals surface area contributed by atoms with E-state index in [1.54, 1.807) is 0 Å². The van der Waals surface area contributed by atoms with Crippen molar-refractivity contribution < 1.29 is 17.7 Å². The first-order chi connectivity index (χ1) is 10.5. The summed E-state index contributed by atoms with van der Waals surface area (Å²) in [6.45, 7) is 0. The molecule has 23 heavy (non-hydrogen) atoms. The Labute approximate surface area is 142 Å². The van der Waals surface area contributed by atoms with Crippen molar-refractivity contribution in [3.8, 4) is 5.69 Å². The molecule has 2 rings (SSSR count). The van der Waals surface area contributed by atoms with Gasteiger partial charge in [-0.15, -0.1) is 0 Å². The minimum atomic E-state index is -4.53. The zero-order valence-corrected chi connectivity index (χ0v) is 13.9. The molecule has 1 aromatic carbocycles. The lowest BCUT2D eigenvalue weighted by Gasteiger charge is -2.11. The van der Waals surface area contributed by atoms with Gasteiger partial charge in [-0.2, -0.15) is 18.3 Å². The van der Waals surface area contributed by atoms with Crippen molar-refractivity contribution in [2.75, 3.05) is 12.0 Å². The van der Waals surface area contributed by atoms with Gasteiger partial charge >= 0.3 is 6.18 Å². The lowest BCUT2D eigenvalue weighted by Crippen LogP contribution is -2.14. The van der Waals surface area contributed by atoms with Crippen LogP contribution in [0.3, 0.4) is 0 Å². The van der Waals surface area contributed by atoms with Gasteiger partial charge in [0.15, 0.2) is 11.5 Å². The number of halogens is 4. The van der Waals surface area contributed by atoms with Gasteiger partial charge in [-0.25, -0.2) is 4.68 Å². The summed E-state index contributed by atoms with van der Waals surface area (Å²) in [4.78, 5) is -0.0304. The van der Waals surface area contributed by atoms with E-state index in [4.69, 9.17) is 35.3 Å². The van der Waals surface area contributed by atoms with Gasteiger partial charge in [-0.05, 0) is 29.4 Å². The van der Waals surface area contributed by atoms with Crippen LogP contribution in [0.1, 0.15) is 11.3 Å². The fraction of sp³-hybridized carbons (Fsp3) is 0.167. The van der Waals surface area contributed by atoms with Crippen LogP contribution in [-0.4, -0.2) is 25.6 Å². The van der Waals surface area contributed by atoms with E-state index in [1.165, 1.54) is 6.26 Å². The number of nitrogens with zero attached hydrogens (tertiary/aromatic N) is 2. The molecule has 4 N–H and O–H groups in total. The fourth-order valence-electron chi connectivity index (χ4n) is 1.90. The van der Waals surface area contributed by atoms with Crippen LogP contribution in [0.25, 0.3) is 5.69 Å². The zero-order chi connectivity index (χ0) is 17.5. The molecular weight excluding hydrogens is 373 g/mol. The zero-order valence-electron chi connectivity index (χ0n) is 11.5. The maximum atomic E-state index is 12.7. The van der Waals surface area contributed by atoms with E-state index in [0.717, 1.165) is 22.9 Å². The third-order valence-corrected chi connectivity index (χ3v) is 4.37. The van der Waals surface area contributed by atoms with E-state index in [-0.39, 0.29) is 32.1 Å². The van der Waals surface area contributed by atoms with Crippen LogP contribution >= 0.6 is 23.8 Å². The predicted octanol–water partition coefficient (Wildman–Crippen LogP) is 2.50. The summed E-state index contributed by atoms with van der Waals surface area (Å²) >= 11 is 9.18. The smallest absolute Gasteiger partial charge is 0.416 e. The highest BCUT2D eigenvalue weighted by Gasteiger charge is 2.32. The summed E-state index contributed by atoms with van der Waals surface area (Å²) in [6, 6.07) is 2.70. The fourth-order valence-corrected chi connectivity index (χ4v) is 3.17. The van der Waals surface area contributed by atoms with Gasteiger partial charge in [0.1, 0.15) is 11.2 Å². The van der Waals surface area contributed by atoms with E-state index in [0.29, 0.717) is 0 Å². The average molecular weight is 383 g/mol. The molecule has 0 spiro atoms. The van der Waals surface area contributed by atoms with Gasteiger partial charge in [-0.1, -0.05) is 23.8 Å². The molecule has 0 fully saturated rings. The van der Waals surface area contributed by atoms with Gasteiger partial charge < -0.3 is 16.0 Å². The molecule has 2 aromatic rings. The Morgan fingerprint density at radius 3 is 2.43 bits per heavy atom. The SMILES string of the molecule is C[S+]([O-])c1c(C(N)=S)nn(-c2ccc(C(F)(F)F)cc2Cl)c1N. The first-order valence-electron chi connectivity index (χ1n) is 5.93. The maximum Gasteiger partial charge on any atom is 0.416 e. The number of nitrogens with two attached hydrogens (primary N) is 2. The van der Waals surface area contributed by atoms with Gasteiger partial charge in [0, 0.05) is 0 Å². The van der Waals surface area contributed by atoms with Crippen LogP contribution in [-0.2, 0) is 17.4 Å². The highest BCUT2D eigenvalue weighted by atomic mass is 35.5. The van der Waals surface area contributed by atoms with Crippen LogP contribution in [0.5, 0.6) is 0 Å². The van der Waals surface area contributed by atoms with Crippen LogP contribution < -0.4 is 11.5 Å². The van der Waals surface area contributed by atoms with E-state index < -0.39 is 22.9 Å². The quantitative estimate of drug-likeness (QED) is 0.628. The van der Waals surface area contributed by atoms with Crippen LogP contribution in [0.4, 0.5) is 19.0 Å². The molecular formula is C12H10ClF3N4OS2. The Balaban J connectivity index is 2.64. The number of hydrogen-bond acceptors (Lipinski definition) is 4. The molecule has 0 bridgehead atoms. The molecule has 5 nitrogen and oxygen atoms in total. The highest BCUT2D eigenvalue weighted by molar-refractivity contribution is 7.91. The standard InChI is InChI=1S/C12H10ClF3N4OS2/c1-23(21)9-8(11(18)22)19-20(10(9)17)7-3-2-5(4-6(7)13)12(14,15)16/h2-4H,17H2,1H3,(H2,18,22). The van der Waals surface area contributed by atoms with E-state index >= 15 is 0 Å². The maximum absolute atomic E-state index is 12.7. The monoisotopic (exact) mass is 382 g/mol. The Hall–Kier alpha value is -1.49. The summed E-state index contributed by atoms with van der Waals surface area (Å²) in [5, 5.41) is 3.80. The number of rotatable bonds is 3. The topological polar surface area (TPSA) is 92.9 Å². The molecule has 0 saturated heterocycles. The minimum Gasteiger partial charge on any atom is -0.611 e. The van der Waals surface area contributed by atoms with Crippen molar-refractivity contribution in [3.63, 3.8) is 0 Å². The van der Waals surface area contributed by atoms with E-state index in [9.17, 15) is 17.7 Å². The van der Waals surface area contributed by atoms with Crippen molar-refractivity contribution >= 4 is 45.8 Å². The summed E-state index contributed by atoms with van der Waals surface area (Å²) < 4.78 is 50.9. The Morgan fingerprint density at radius 1 is 1.43 bits per heavy atom. The predicted molar refractivity (Wildman–Crippen MR) is 86.2 cm³/mol. The normalized spacial score (nSPS) is 13.1. The molecule has 0 amide bonds. The summed E-state index contributed by atoms with van der Waals surface area (Å²) in [5.41, 5.74) is 10.6. The third kappa shape index (κ3) is 3.39. The molecule has 0 saturated carbocycles. The first kappa shape index (κ1) is 17.9. The van der Waals surface area contributed by atoms with Crippen LogP contribution in [0.15, 0.2) is 23.1 Å². The summed E-state index contributed by atoms with van der Waals surface area (Å²) in [6.07, 6.45) is -3.17. The first-order valence-corrected chi connectivity index (χ1v) is 8.27. The van der Waals surface area contributed by atoms with Crippen LogP contribution in [0.2, 0.25) is 5.02 Å². The van der Waals surface area contributed by atoms with Crippen molar-refractivity contribution in [1.82, 2.24) is 9.78 Å². The van der Waals surface area contributed by atoms with Gasteiger partial charge in [0.2, 0.25) is 4.90 Å². The Bertz CT molecular complexity index is 776. The van der Waals surface area contributed by atoms with Crippen molar-refractivity contribution in [3.05, 3.63) is 34.5 Å². The molecule has 1 atom stereocenters. The average Bonchev–Trinajstić information content (AvgIpc) is 2.75. The molecule has 0 aliphatic rings. The largest absolute Gasteiger partial charge is 0.611 e. The number of hydrogen-bond donors (Lipinski definition) is 2. The van der Waals surface area contributed by atoms with Crippen molar-refractivity contribution in [1.29, 1.82) is 0 Å². The van der Waals surface area contributed by atoms with Crippen molar-refractivity contribution in [2.24, 2.45) is 5.73 Å². The van der Waals surface area contributed by atoms with E-state index in [1.807, 2.05) is 0 Å². The minimum absolute atomic E-state index is 0.0364. The number of anilines is 1. The molecule has 1 heterocycles. The van der Waals surface area contributed by atoms with E-state index in [2.05, 4.69) is 5.10 Å². The molecule has 0 aliphatic carbocycles. The molecule has 0 aliphatic heterocycles. The summed E-state index contributed by atoms with van der Waals surface area (Å²) in [5.74, 6) is -0.0599. The number of benzene rings is 1. The lowest BCUT2D eigenvalue weighted by molar-refractivity contribution is -0.137. The Morgan fingerprint density at radius 2 is 2.04 bits per heavy atom. The highest BCUT2D eigenvalue weighted by Crippen LogP contribution is 2.35. The molecule has 1 unspecified atom stereocenters. The number of thiocarbonyl (C=S) groups is 1.